The third kappa shape index (κ3) is 7.39. The summed E-state index contributed by atoms with van der Waals surface area (Å²) in [6.07, 6.45) is -4.35. The minimum Gasteiger partial charge on any atom is -0.356 e. The summed E-state index contributed by atoms with van der Waals surface area (Å²) in [6.45, 7) is 2.89. The van der Waals surface area contributed by atoms with Crippen LogP contribution in [0.5, 0.6) is 0 Å². The van der Waals surface area contributed by atoms with Gasteiger partial charge in [0.05, 0.1) is 23.7 Å². The van der Waals surface area contributed by atoms with Crippen molar-refractivity contribution in [2.75, 3.05) is 22.9 Å². The van der Waals surface area contributed by atoms with Crippen LogP contribution >= 0.6 is 0 Å². The van der Waals surface area contributed by atoms with Gasteiger partial charge in [-0.3, -0.25) is 0 Å². The molecule has 2 aromatic carbocycles. The van der Waals surface area contributed by atoms with Gasteiger partial charge < -0.3 is 9.80 Å². The van der Waals surface area contributed by atoms with Gasteiger partial charge in [-0.15, -0.1) is 5.10 Å². The smallest absolute Gasteiger partial charge is 0.356 e. The molecule has 5 rings (SSSR count). The molecule has 2 aromatic heterocycles. The molecule has 0 atom stereocenters. The van der Waals surface area contributed by atoms with Crippen molar-refractivity contribution in [1.29, 1.82) is 0 Å². The minimum absolute atomic E-state index is 0.000844. The molecule has 0 aliphatic heterocycles. The van der Waals surface area contributed by atoms with E-state index in [0.29, 0.717) is 46.9 Å². The van der Waals surface area contributed by atoms with Crippen molar-refractivity contribution in [2.45, 2.75) is 64.5 Å². The van der Waals surface area contributed by atoms with Gasteiger partial charge in [-0.25, -0.2) is 9.37 Å². The lowest BCUT2D eigenvalue weighted by atomic mass is 9.89. The van der Waals surface area contributed by atoms with E-state index in [1.165, 1.54) is 30.5 Å². The molecule has 0 unspecified atom stereocenters. The second kappa shape index (κ2) is 12.6. The first-order valence-corrected chi connectivity index (χ1v) is 14.4. The first-order chi connectivity index (χ1) is 20.8. The number of hydrogen-bond acceptors (Lipinski definition) is 6. The van der Waals surface area contributed by atoms with E-state index in [1.54, 1.807) is 12.1 Å². The number of aryl methyl sites for hydroxylation is 1. The first kappa shape index (κ1) is 31.5. The zero-order valence-electron chi connectivity index (χ0n) is 24.3. The van der Waals surface area contributed by atoms with Crippen molar-refractivity contribution < 1.29 is 30.7 Å². The average molecular weight is 624 g/mol. The van der Waals surface area contributed by atoms with Crippen LogP contribution in [-0.4, -0.2) is 38.3 Å². The van der Waals surface area contributed by atoms with Crippen LogP contribution in [0, 0.1) is 11.7 Å². The van der Waals surface area contributed by atoms with E-state index < -0.39 is 35.8 Å². The highest BCUT2D eigenvalue weighted by molar-refractivity contribution is 5.82. The van der Waals surface area contributed by atoms with Gasteiger partial charge in [-0.2, -0.15) is 31.1 Å². The molecule has 1 fully saturated rings. The van der Waals surface area contributed by atoms with Crippen LogP contribution < -0.4 is 9.80 Å². The molecule has 0 N–H and O–H groups in total. The van der Waals surface area contributed by atoms with Crippen LogP contribution in [0.3, 0.4) is 0 Å². The maximum absolute atomic E-state index is 14.2. The van der Waals surface area contributed by atoms with Gasteiger partial charge in [0.15, 0.2) is 0 Å². The van der Waals surface area contributed by atoms with E-state index in [1.807, 2.05) is 6.92 Å². The number of hydrogen-bond donors (Lipinski definition) is 0. The van der Waals surface area contributed by atoms with Crippen LogP contribution in [0.4, 0.5) is 42.5 Å². The van der Waals surface area contributed by atoms with Gasteiger partial charge in [0, 0.05) is 37.1 Å². The summed E-state index contributed by atoms with van der Waals surface area (Å²) in [5, 5.41) is 12.5. The van der Waals surface area contributed by atoms with Crippen LogP contribution in [0.25, 0.3) is 10.9 Å². The van der Waals surface area contributed by atoms with E-state index in [4.69, 9.17) is 4.98 Å². The molecule has 236 valence electrons. The molecule has 1 aliphatic rings. The van der Waals surface area contributed by atoms with E-state index in [2.05, 4.69) is 20.3 Å². The molecule has 1 saturated carbocycles. The Labute approximate surface area is 249 Å². The molecule has 4 aromatic rings. The molecular formula is C30H32F7N7. The molecule has 0 bridgehead atoms. The molecule has 2 heterocycles. The molecule has 0 radical (unpaired) electrons. The highest BCUT2D eigenvalue weighted by atomic mass is 19.4. The standard InChI is InChI=1S/C30H32F7N7/c1-3-43(16-19-7-5-4-6-8-19)27-22(13-21-14-25(31)9-10-26(21)38-27)18-44(28-39-41-42(2)40-28)17-20-11-23(29(32,33)34)15-24(12-20)30(35,36)37/h9-15,19H,3-8,16-18H2,1-2H3. The second-order valence-corrected chi connectivity index (χ2v) is 11.2. The number of rotatable bonds is 9. The van der Waals surface area contributed by atoms with Crippen molar-refractivity contribution in [2.24, 2.45) is 13.0 Å². The Balaban J connectivity index is 1.59. The normalized spacial score (nSPS) is 14.8. The number of pyridine rings is 1. The summed E-state index contributed by atoms with van der Waals surface area (Å²) >= 11 is 0. The summed E-state index contributed by atoms with van der Waals surface area (Å²) in [4.78, 5) is 9.60. The zero-order valence-corrected chi connectivity index (χ0v) is 24.3. The Morgan fingerprint density at radius 2 is 1.55 bits per heavy atom. The third-order valence-electron chi connectivity index (χ3n) is 7.88. The number of tetrazole rings is 1. The van der Waals surface area contributed by atoms with Gasteiger partial charge in [-0.1, -0.05) is 24.4 Å². The molecule has 1 aliphatic carbocycles. The Kier molecular flexibility index (Phi) is 8.98. The van der Waals surface area contributed by atoms with Crippen LogP contribution in [0.1, 0.15) is 61.3 Å². The second-order valence-electron chi connectivity index (χ2n) is 11.2. The number of halogens is 7. The lowest BCUT2D eigenvalue weighted by molar-refractivity contribution is -0.143. The third-order valence-corrected chi connectivity index (χ3v) is 7.88. The predicted octanol–water partition coefficient (Wildman–Crippen LogP) is 7.55. The SMILES string of the molecule is CCN(CC1CCCCC1)c1nc2ccc(F)cc2cc1CN(Cc1cc(C(F)(F)F)cc(C(F)(F)F)c1)c1nnn(C)n1. The van der Waals surface area contributed by atoms with Crippen LogP contribution in [0.15, 0.2) is 42.5 Å². The quantitative estimate of drug-likeness (QED) is 0.180. The maximum Gasteiger partial charge on any atom is 0.416 e. The summed E-state index contributed by atoms with van der Waals surface area (Å²) in [5.74, 6) is 0.583. The van der Waals surface area contributed by atoms with Gasteiger partial charge in [0.1, 0.15) is 11.6 Å². The monoisotopic (exact) mass is 623 g/mol. The fraction of sp³-hybridized carbons (Fsp3) is 0.467. The van der Waals surface area contributed by atoms with E-state index >= 15 is 0 Å². The van der Waals surface area contributed by atoms with Crippen molar-refractivity contribution in [3.63, 3.8) is 0 Å². The number of aromatic nitrogens is 5. The Morgan fingerprint density at radius 1 is 0.864 bits per heavy atom. The molecular weight excluding hydrogens is 591 g/mol. The topological polar surface area (TPSA) is 63.0 Å². The van der Waals surface area contributed by atoms with Crippen molar-refractivity contribution in [3.05, 3.63) is 70.5 Å². The molecule has 0 spiro atoms. The number of benzene rings is 2. The van der Waals surface area contributed by atoms with Crippen LogP contribution in [-0.2, 0) is 32.5 Å². The van der Waals surface area contributed by atoms with E-state index in [9.17, 15) is 30.7 Å². The zero-order chi connectivity index (χ0) is 31.6. The number of alkyl halides is 6. The lowest BCUT2D eigenvalue weighted by Crippen LogP contribution is -2.33. The Morgan fingerprint density at radius 3 is 2.14 bits per heavy atom. The van der Waals surface area contributed by atoms with E-state index in [0.717, 1.165) is 37.0 Å². The largest absolute Gasteiger partial charge is 0.416 e. The number of nitrogens with zero attached hydrogens (tertiary/aromatic N) is 7. The van der Waals surface area contributed by atoms with Gasteiger partial charge in [0.2, 0.25) is 0 Å². The highest BCUT2D eigenvalue weighted by Gasteiger charge is 2.37. The maximum atomic E-state index is 14.2. The fourth-order valence-electron chi connectivity index (χ4n) is 5.75. The average Bonchev–Trinajstić information content (AvgIpc) is 3.41. The number of fused-ring (bicyclic) bond motifs is 1. The van der Waals surface area contributed by atoms with E-state index in [-0.39, 0.29) is 24.1 Å². The lowest BCUT2D eigenvalue weighted by Gasteiger charge is -2.32. The van der Waals surface area contributed by atoms with Gasteiger partial charge >= 0.3 is 12.4 Å². The highest BCUT2D eigenvalue weighted by Crippen LogP contribution is 2.37. The van der Waals surface area contributed by atoms with Crippen molar-refractivity contribution in [3.8, 4) is 0 Å². The number of anilines is 2. The Bertz CT molecular complexity index is 1560. The Hall–Kier alpha value is -3.97. The molecule has 44 heavy (non-hydrogen) atoms. The summed E-state index contributed by atoms with van der Waals surface area (Å²) < 4.78 is 96.0. The molecule has 0 saturated heterocycles. The van der Waals surface area contributed by atoms with Crippen molar-refractivity contribution >= 4 is 22.7 Å². The summed E-state index contributed by atoms with van der Waals surface area (Å²) in [7, 11) is 1.50. The summed E-state index contributed by atoms with van der Waals surface area (Å²) in [5.41, 5.74) is -1.92. The van der Waals surface area contributed by atoms with Gasteiger partial charge in [0.25, 0.3) is 5.95 Å². The fourth-order valence-corrected chi connectivity index (χ4v) is 5.75. The van der Waals surface area contributed by atoms with Crippen LogP contribution in [0.2, 0.25) is 0 Å². The van der Waals surface area contributed by atoms with Gasteiger partial charge in [-0.05, 0) is 78.9 Å². The predicted molar refractivity (Wildman–Crippen MR) is 151 cm³/mol. The van der Waals surface area contributed by atoms with Crippen molar-refractivity contribution in [1.82, 2.24) is 25.2 Å². The summed E-state index contributed by atoms with van der Waals surface area (Å²) in [6, 6.07) is 7.46. The molecule has 7 nitrogen and oxygen atoms in total. The first-order valence-electron chi connectivity index (χ1n) is 14.4. The minimum atomic E-state index is -4.99. The molecule has 0 amide bonds. The molecule has 14 heteroatoms.